The van der Waals surface area contributed by atoms with Crippen LogP contribution in [-0.4, -0.2) is 21.8 Å². The monoisotopic (exact) mass is 223 g/mol. The van der Waals surface area contributed by atoms with E-state index in [0.29, 0.717) is 16.9 Å². The Labute approximate surface area is 93.6 Å². The molecule has 15 heavy (non-hydrogen) atoms. The molecule has 4 nitrogen and oxygen atoms in total. The largest absolute Gasteiger partial charge is 0.458 e. The average Bonchev–Trinajstić information content (AvgIpc) is 2.16. The maximum Gasteiger partial charge on any atom is 0.220 e. The van der Waals surface area contributed by atoms with Crippen molar-refractivity contribution >= 4 is 17.6 Å². The van der Waals surface area contributed by atoms with Crippen molar-refractivity contribution in [3.05, 3.63) is 6.07 Å². The lowest BCUT2D eigenvalue weighted by Crippen LogP contribution is -2.26. The third kappa shape index (κ3) is 3.33. The van der Waals surface area contributed by atoms with Gasteiger partial charge in [0.05, 0.1) is 0 Å². The van der Waals surface area contributed by atoms with E-state index in [1.165, 1.54) is 11.8 Å². The van der Waals surface area contributed by atoms with E-state index in [4.69, 9.17) is 16.9 Å². The van der Waals surface area contributed by atoms with Gasteiger partial charge >= 0.3 is 0 Å². The van der Waals surface area contributed by atoms with Crippen molar-refractivity contribution in [3.8, 4) is 18.2 Å². The molecule has 0 spiro atoms. The van der Waals surface area contributed by atoms with Crippen molar-refractivity contribution < 1.29 is 4.74 Å². The summed E-state index contributed by atoms with van der Waals surface area (Å²) in [6.07, 6.45) is 7.17. The lowest BCUT2D eigenvalue weighted by atomic mass is 10.1. The molecule has 1 rings (SSSR count). The molecular formula is C10H13N3OS. The standard InChI is InChI=1S/C10H13N3OS/c1-5-10(2,3)14-8-6-7(11)12-9(13-8)15-4/h1,6H,2-4H3,(H2,11,12,13). The third-order valence-corrected chi connectivity index (χ3v) is 2.14. The predicted octanol–water partition coefficient (Wildman–Crippen LogP) is 1.57. The summed E-state index contributed by atoms with van der Waals surface area (Å²) in [7, 11) is 0. The van der Waals surface area contributed by atoms with Crippen LogP contribution in [0.5, 0.6) is 5.88 Å². The molecule has 0 saturated heterocycles. The van der Waals surface area contributed by atoms with Crippen LogP contribution in [-0.2, 0) is 0 Å². The zero-order valence-corrected chi connectivity index (χ0v) is 9.76. The van der Waals surface area contributed by atoms with Crippen LogP contribution in [0.4, 0.5) is 5.82 Å². The number of hydrogen-bond donors (Lipinski definition) is 1. The number of nitrogens with zero attached hydrogens (tertiary/aromatic N) is 2. The molecule has 0 radical (unpaired) electrons. The van der Waals surface area contributed by atoms with E-state index < -0.39 is 5.60 Å². The summed E-state index contributed by atoms with van der Waals surface area (Å²) in [5.41, 5.74) is 4.90. The molecule has 0 aromatic carbocycles. The van der Waals surface area contributed by atoms with Crippen LogP contribution in [0.2, 0.25) is 0 Å². The fourth-order valence-corrected chi connectivity index (χ4v) is 1.23. The minimum atomic E-state index is -0.698. The highest BCUT2D eigenvalue weighted by atomic mass is 32.2. The molecule has 80 valence electrons. The molecule has 1 aromatic heterocycles. The van der Waals surface area contributed by atoms with E-state index in [-0.39, 0.29) is 0 Å². The van der Waals surface area contributed by atoms with Crippen molar-refractivity contribution in [2.24, 2.45) is 0 Å². The van der Waals surface area contributed by atoms with Gasteiger partial charge in [0.25, 0.3) is 0 Å². The number of thioether (sulfide) groups is 1. The first kappa shape index (κ1) is 11.7. The Bertz CT molecular complexity index is 398. The topological polar surface area (TPSA) is 61.0 Å². The number of nitrogens with two attached hydrogens (primary N) is 1. The van der Waals surface area contributed by atoms with Gasteiger partial charge in [0.1, 0.15) is 5.82 Å². The van der Waals surface area contributed by atoms with Crippen LogP contribution in [0.25, 0.3) is 0 Å². The normalized spacial score (nSPS) is 10.8. The first-order valence-corrected chi connectivity index (χ1v) is 5.54. The molecule has 0 fully saturated rings. The van der Waals surface area contributed by atoms with Gasteiger partial charge in [0.2, 0.25) is 5.88 Å². The minimum Gasteiger partial charge on any atom is -0.458 e. The molecule has 0 bridgehead atoms. The number of hydrogen-bond acceptors (Lipinski definition) is 5. The molecule has 0 amide bonds. The minimum absolute atomic E-state index is 0.372. The summed E-state index contributed by atoms with van der Waals surface area (Å²) < 4.78 is 5.49. The van der Waals surface area contributed by atoms with E-state index >= 15 is 0 Å². The van der Waals surface area contributed by atoms with Gasteiger partial charge in [-0.15, -0.1) is 6.42 Å². The SMILES string of the molecule is C#CC(C)(C)Oc1cc(N)nc(SC)n1. The Kier molecular flexibility index (Phi) is 3.43. The number of aromatic nitrogens is 2. The molecule has 0 atom stereocenters. The van der Waals surface area contributed by atoms with Crippen molar-refractivity contribution in [1.29, 1.82) is 0 Å². The highest BCUT2D eigenvalue weighted by Gasteiger charge is 2.17. The average molecular weight is 223 g/mol. The fraction of sp³-hybridized carbons (Fsp3) is 0.400. The molecular weight excluding hydrogens is 210 g/mol. The van der Waals surface area contributed by atoms with Gasteiger partial charge in [-0.25, -0.2) is 4.98 Å². The first-order chi connectivity index (χ1) is 6.96. The molecule has 1 aromatic rings. The number of anilines is 1. The number of ether oxygens (including phenoxy) is 1. The molecule has 0 aliphatic heterocycles. The van der Waals surface area contributed by atoms with E-state index in [0.717, 1.165) is 0 Å². The molecule has 2 N–H and O–H groups in total. The predicted molar refractivity (Wildman–Crippen MR) is 61.8 cm³/mol. The van der Waals surface area contributed by atoms with E-state index in [1.807, 2.05) is 6.26 Å². The van der Waals surface area contributed by atoms with Gasteiger partial charge in [0.15, 0.2) is 10.8 Å². The van der Waals surface area contributed by atoms with Crippen LogP contribution in [0, 0.1) is 12.3 Å². The summed E-state index contributed by atoms with van der Waals surface area (Å²) in [4.78, 5) is 8.15. The van der Waals surface area contributed by atoms with Crippen LogP contribution < -0.4 is 10.5 Å². The summed E-state index contributed by atoms with van der Waals surface area (Å²) in [6, 6.07) is 1.55. The Balaban J connectivity index is 2.96. The van der Waals surface area contributed by atoms with Gasteiger partial charge in [-0.2, -0.15) is 4.98 Å². The maximum absolute atomic E-state index is 5.60. The summed E-state index contributed by atoms with van der Waals surface area (Å²) >= 11 is 1.40. The second kappa shape index (κ2) is 4.41. The van der Waals surface area contributed by atoms with Crippen LogP contribution in [0.3, 0.4) is 0 Å². The Morgan fingerprint density at radius 1 is 1.53 bits per heavy atom. The van der Waals surface area contributed by atoms with Gasteiger partial charge in [-0.3, -0.25) is 0 Å². The van der Waals surface area contributed by atoms with Crippen LogP contribution in [0.1, 0.15) is 13.8 Å². The first-order valence-electron chi connectivity index (χ1n) is 4.32. The zero-order valence-electron chi connectivity index (χ0n) is 8.94. The van der Waals surface area contributed by atoms with E-state index in [1.54, 1.807) is 19.9 Å². The van der Waals surface area contributed by atoms with E-state index in [2.05, 4.69) is 15.9 Å². The zero-order chi connectivity index (χ0) is 11.5. The Hall–Kier alpha value is -1.41. The van der Waals surface area contributed by atoms with E-state index in [9.17, 15) is 0 Å². The summed E-state index contributed by atoms with van der Waals surface area (Å²) in [6.45, 7) is 3.56. The third-order valence-electron chi connectivity index (χ3n) is 1.59. The maximum atomic E-state index is 5.60. The van der Waals surface area contributed by atoms with Crippen molar-refractivity contribution in [2.75, 3.05) is 12.0 Å². The second-order valence-corrected chi connectivity index (χ2v) is 4.15. The molecule has 0 saturated carbocycles. The summed E-state index contributed by atoms with van der Waals surface area (Å²) in [5, 5.41) is 0.567. The van der Waals surface area contributed by atoms with Crippen molar-refractivity contribution in [2.45, 2.75) is 24.6 Å². The molecule has 0 unspecified atom stereocenters. The number of nitrogen functional groups attached to an aromatic ring is 1. The highest BCUT2D eigenvalue weighted by Crippen LogP contribution is 2.20. The summed E-state index contributed by atoms with van der Waals surface area (Å²) in [5.74, 6) is 3.29. The Morgan fingerprint density at radius 3 is 2.73 bits per heavy atom. The smallest absolute Gasteiger partial charge is 0.220 e. The van der Waals surface area contributed by atoms with Crippen LogP contribution in [0.15, 0.2) is 11.2 Å². The quantitative estimate of drug-likeness (QED) is 0.479. The van der Waals surface area contributed by atoms with Crippen molar-refractivity contribution in [3.63, 3.8) is 0 Å². The van der Waals surface area contributed by atoms with Crippen molar-refractivity contribution in [1.82, 2.24) is 9.97 Å². The van der Waals surface area contributed by atoms with Gasteiger partial charge in [-0.05, 0) is 20.1 Å². The Morgan fingerprint density at radius 2 is 2.20 bits per heavy atom. The molecule has 0 aliphatic rings. The fourth-order valence-electron chi connectivity index (χ4n) is 0.855. The molecule has 0 aliphatic carbocycles. The lowest BCUT2D eigenvalue weighted by Gasteiger charge is -2.19. The number of rotatable bonds is 3. The van der Waals surface area contributed by atoms with Gasteiger partial charge in [-0.1, -0.05) is 17.7 Å². The second-order valence-electron chi connectivity index (χ2n) is 3.37. The number of terminal acetylenes is 1. The highest BCUT2D eigenvalue weighted by molar-refractivity contribution is 7.98. The van der Waals surface area contributed by atoms with Gasteiger partial charge in [0, 0.05) is 6.07 Å². The lowest BCUT2D eigenvalue weighted by molar-refractivity contribution is 0.163. The molecule has 5 heteroatoms. The molecule has 1 heterocycles. The van der Waals surface area contributed by atoms with Crippen LogP contribution >= 0.6 is 11.8 Å². The van der Waals surface area contributed by atoms with Gasteiger partial charge < -0.3 is 10.5 Å².